The smallest absolute Gasteiger partial charge is 0.307 e. The quantitative estimate of drug-likeness (QED) is 0.917. The van der Waals surface area contributed by atoms with E-state index in [1.165, 1.54) is 5.56 Å². The molecule has 0 fully saturated rings. The highest BCUT2D eigenvalue weighted by Crippen LogP contribution is 2.26. The molecule has 0 amide bonds. The third kappa shape index (κ3) is 2.96. The summed E-state index contributed by atoms with van der Waals surface area (Å²) in [6.45, 7) is 5.84. The van der Waals surface area contributed by atoms with Crippen molar-refractivity contribution in [3.8, 4) is 11.3 Å². The summed E-state index contributed by atoms with van der Waals surface area (Å²) in [5.41, 5.74) is 4.58. The van der Waals surface area contributed by atoms with E-state index in [1.54, 1.807) is 13.1 Å². The predicted octanol–water partition coefficient (Wildman–Crippen LogP) is 2.70. The minimum absolute atomic E-state index is 0.0665. The maximum absolute atomic E-state index is 10.9. The maximum atomic E-state index is 10.9. The first kappa shape index (κ1) is 13.2. The second kappa shape index (κ2) is 5.18. The van der Waals surface area contributed by atoms with Crippen molar-refractivity contribution < 1.29 is 9.90 Å². The molecule has 0 radical (unpaired) electrons. The summed E-state index contributed by atoms with van der Waals surface area (Å²) in [5.74, 6) is -0.234. The first-order chi connectivity index (χ1) is 8.97. The van der Waals surface area contributed by atoms with E-state index >= 15 is 0 Å². The van der Waals surface area contributed by atoms with Crippen LogP contribution in [0.1, 0.15) is 22.5 Å². The summed E-state index contributed by atoms with van der Waals surface area (Å²) in [6.07, 6.45) is 1.54. The van der Waals surface area contributed by atoms with Crippen molar-refractivity contribution in [1.82, 2.24) is 9.97 Å². The van der Waals surface area contributed by atoms with E-state index in [-0.39, 0.29) is 6.42 Å². The molecule has 0 aliphatic carbocycles. The molecule has 0 aliphatic heterocycles. The molecule has 0 spiro atoms. The molecule has 2 rings (SSSR count). The Bertz CT molecular complexity index is 636. The summed E-state index contributed by atoms with van der Waals surface area (Å²) >= 11 is 0. The molecule has 0 saturated carbocycles. The van der Waals surface area contributed by atoms with E-state index in [0.29, 0.717) is 17.1 Å². The van der Waals surface area contributed by atoms with Crippen LogP contribution in [0.2, 0.25) is 0 Å². The molecule has 0 bridgehead atoms. The lowest BCUT2D eigenvalue weighted by molar-refractivity contribution is -0.136. The standard InChI is InChI=1S/C15H16N2O2/c1-9-4-5-13(10(2)6-9)15-12(7-14(18)19)8-16-11(3)17-15/h4-6,8H,7H2,1-3H3,(H,18,19). The molecule has 19 heavy (non-hydrogen) atoms. The number of benzene rings is 1. The van der Waals surface area contributed by atoms with Crippen molar-refractivity contribution in [3.63, 3.8) is 0 Å². The third-order valence-electron chi connectivity index (χ3n) is 2.96. The van der Waals surface area contributed by atoms with Gasteiger partial charge in [0.2, 0.25) is 0 Å². The van der Waals surface area contributed by atoms with Crippen LogP contribution in [0, 0.1) is 20.8 Å². The van der Waals surface area contributed by atoms with Crippen LogP contribution in [-0.2, 0) is 11.2 Å². The molecule has 1 N–H and O–H groups in total. The second-order valence-corrected chi connectivity index (χ2v) is 4.68. The highest BCUT2D eigenvalue weighted by atomic mass is 16.4. The van der Waals surface area contributed by atoms with Gasteiger partial charge in [-0.3, -0.25) is 4.79 Å². The van der Waals surface area contributed by atoms with Gasteiger partial charge in [0, 0.05) is 17.3 Å². The number of carboxylic acid groups (broad SMARTS) is 1. The van der Waals surface area contributed by atoms with E-state index < -0.39 is 5.97 Å². The Hall–Kier alpha value is -2.23. The number of carboxylic acids is 1. The molecular formula is C15H16N2O2. The Labute approximate surface area is 112 Å². The van der Waals surface area contributed by atoms with E-state index in [1.807, 2.05) is 26.0 Å². The molecule has 2 aromatic rings. The number of aryl methyl sites for hydroxylation is 3. The Morgan fingerprint density at radius 3 is 2.63 bits per heavy atom. The predicted molar refractivity (Wildman–Crippen MR) is 73.0 cm³/mol. The number of carbonyl (C=O) groups is 1. The van der Waals surface area contributed by atoms with Gasteiger partial charge in [-0.2, -0.15) is 0 Å². The first-order valence-corrected chi connectivity index (χ1v) is 6.09. The SMILES string of the molecule is Cc1ccc(-c2nc(C)ncc2CC(=O)O)c(C)c1. The summed E-state index contributed by atoms with van der Waals surface area (Å²) in [6, 6.07) is 6.05. The van der Waals surface area contributed by atoms with Gasteiger partial charge in [0.25, 0.3) is 0 Å². The van der Waals surface area contributed by atoms with Crippen LogP contribution in [-0.4, -0.2) is 21.0 Å². The highest BCUT2D eigenvalue weighted by molar-refractivity contribution is 5.75. The topological polar surface area (TPSA) is 63.1 Å². The summed E-state index contributed by atoms with van der Waals surface area (Å²) in [5, 5.41) is 8.97. The average molecular weight is 256 g/mol. The van der Waals surface area contributed by atoms with Crippen LogP contribution >= 0.6 is 0 Å². The van der Waals surface area contributed by atoms with Crippen molar-refractivity contribution in [2.45, 2.75) is 27.2 Å². The molecule has 4 heteroatoms. The maximum Gasteiger partial charge on any atom is 0.307 e. The van der Waals surface area contributed by atoms with Crippen molar-refractivity contribution in [2.75, 3.05) is 0 Å². The van der Waals surface area contributed by atoms with Crippen LogP contribution in [0.5, 0.6) is 0 Å². The molecule has 98 valence electrons. The lowest BCUT2D eigenvalue weighted by Gasteiger charge is -2.11. The number of nitrogens with zero attached hydrogens (tertiary/aromatic N) is 2. The fraction of sp³-hybridized carbons (Fsp3) is 0.267. The zero-order chi connectivity index (χ0) is 14.0. The van der Waals surface area contributed by atoms with Crippen LogP contribution in [0.3, 0.4) is 0 Å². The van der Waals surface area contributed by atoms with Gasteiger partial charge in [-0.15, -0.1) is 0 Å². The van der Waals surface area contributed by atoms with Crippen LogP contribution < -0.4 is 0 Å². The normalized spacial score (nSPS) is 10.5. The lowest BCUT2D eigenvalue weighted by atomic mass is 9.99. The van der Waals surface area contributed by atoms with Gasteiger partial charge in [-0.1, -0.05) is 23.8 Å². The summed E-state index contributed by atoms with van der Waals surface area (Å²) in [4.78, 5) is 19.4. The Balaban J connectivity index is 2.59. The highest BCUT2D eigenvalue weighted by Gasteiger charge is 2.13. The fourth-order valence-corrected chi connectivity index (χ4v) is 2.10. The molecule has 0 unspecified atom stereocenters. The minimum atomic E-state index is -0.876. The lowest BCUT2D eigenvalue weighted by Crippen LogP contribution is -2.06. The molecule has 4 nitrogen and oxygen atoms in total. The molecule has 0 saturated heterocycles. The van der Waals surface area contributed by atoms with Crippen LogP contribution in [0.25, 0.3) is 11.3 Å². The van der Waals surface area contributed by atoms with Crippen molar-refractivity contribution >= 4 is 5.97 Å². The van der Waals surface area contributed by atoms with Crippen LogP contribution in [0.4, 0.5) is 0 Å². The number of rotatable bonds is 3. The molecule has 1 heterocycles. The number of aromatic nitrogens is 2. The van der Waals surface area contributed by atoms with Crippen molar-refractivity contribution in [2.24, 2.45) is 0 Å². The van der Waals surface area contributed by atoms with Gasteiger partial charge in [0.15, 0.2) is 0 Å². The van der Waals surface area contributed by atoms with Crippen molar-refractivity contribution in [3.05, 3.63) is 46.9 Å². The Morgan fingerprint density at radius 2 is 2.00 bits per heavy atom. The van der Waals surface area contributed by atoms with Gasteiger partial charge in [0.1, 0.15) is 5.82 Å². The summed E-state index contributed by atoms with van der Waals surface area (Å²) < 4.78 is 0. The number of hydrogen-bond acceptors (Lipinski definition) is 3. The molecular weight excluding hydrogens is 240 g/mol. The molecule has 0 atom stereocenters. The van der Waals surface area contributed by atoms with Gasteiger partial charge in [0.05, 0.1) is 12.1 Å². The second-order valence-electron chi connectivity index (χ2n) is 4.68. The van der Waals surface area contributed by atoms with Gasteiger partial charge >= 0.3 is 5.97 Å². The molecule has 0 aliphatic rings. The van der Waals surface area contributed by atoms with E-state index in [4.69, 9.17) is 5.11 Å². The largest absolute Gasteiger partial charge is 0.481 e. The monoisotopic (exact) mass is 256 g/mol. The first-order valence-electron chi connectivity index (χ1n) is 6.09. The van der Waals surface area contributed by atoms with Gasteiger partial charge in [-0.25, -0.2) is 9.97 Å². The van der Waals surface area contributed by atoms with E-state index in [9.17, 15) is 4.79 Å². The van der Waals surface area contributed by atoms with E-state index in [0.717, 1.165) is 11.1 Å². The number of hydrogen-bond donors (Lipinski definition) is 1. The summed E-state index contributed by atoms with van der Waals surface area (Å²) in [7, 11) is 0. The van der Waals surface area contributed by atoms with Crippen molar-refractivity contribution in [1.29, 1.82) is 0 Å². The van der Waals surface area contributed by atoms with Gasteiger partial charge in [-0.05, 0) is 26.3 Å². The zero-order valence-electron chi connectivity index (χ0n) is 11.3. The minimum Gasteiger partial charge on any atom is -0.481 e. The van der Waals surface area contributed by atoms with Gasteiger partial charge < -0.3 is 5.11 Å². The van der Waals surface area contributed by atoms with Crippen LogP contribution in [0.15, 0.2) is 24.4 Å². The zero-order valence-corrected chi connectivity index (χ0v) is 11.3. The van der Waals surface area contributed by atoms with E-state index in [2.05, 4.69) is 16.0 Å². The average Bonchev–Trinajstić information content (AvgIpc) is 2.31. The fourth-order valence-electron chi connectivity index (χ4n) is 2.10. The molecule has 1 aromatic carbocycles. The Morgan fingerprint density at radius 1 is 1.26 bits per heavy atom. The molecule has 1 aromatic heterocycles. The Kier molecular flexibility index (Phi) is 3.60. The number of aliphatic carboxylic acids is 1. The third-order valence-corrected chi connectivity index (χ3v) is 2.96.